The van der Waals surface area contributed by atoms with Gasteiger partial charge in [-0.15, -0.1) is 0 Å². The third-order valence-corrected chi connectivity index (χ3v) is 7.80. The Balaban J connectivity index is 1.80. The first-order valence-electron chi connectivity index (χ1n) is 12.9. The van der Waals surface area contributed by atoms with E-state index in [0.717, 1.165) is 41.6 Å². The van der Waals surface area contributed by atoms with E-state index in [4.69, 9.17) is 0 Å². The van der Waals surface area contributed by atoms with Crippen molar-refractivity contribution in [1.82, 2.24) is 4.98 Å². The maximum atomic E-state index is 15.9. The van der Waals surface area contributed by atoms with E-state index in [-0.39, 0.29) is 17.5 Å². The van der Waals surface area contributed by atoms with Gasteiger partial charge in [0, 0.05) is 22.3 Å². The minimum absolute atomic E-state index is 0.137. The molecule has 4 rings (SSSR count). The molecular weight excluding hydrogens is 718 g/mol. The molecule has 0 saturated heterocycles. The Morgan fingerprint density at radius 2 is 1.54 bits per heavy atom. The van der Waals surface area contributed by atoms with Crippen LogP contribution < -0.4 is 10.2 Å². The summed E-state index contributed by atoms with van der Waals surface area (Å²) in [6, 6.07) is 1.95. The lowest BCUT2D eigenvalue weighted by molar-refractivity contribution is -0.348. The monoisotopic (exact) mass is 735 g/mol. The molecule has 1 saturated carbocycles. The fraction of sp³-hybridized carbons (Fsp3) is 0.321. The van der Waals surface area contributed by atoms with Gasteiger partial charge in [0.05, 0.1) is 34.3 Å². The molecule has 2 aromatic carbocycles. The summed E-state index contributed by atoms with van der Waals surface area (Å²) in [6.45, 7) is 1.54. The standard InChI is InChI=1S/C28H18BrF12N3O2/c1-12(13-5-6-13)44(24(46)14-7-16(30)11-42-10-14)20-4-2-3-17(21(20)31)23(45)43-22-18(26(33,34)35)8-15(9-19(22)29)25(32,27(36,37)38)28(39,40)41/h2-4,7-13H,5-6H2,1H3,(H,43,45). The second-order valence-corrected chi connectivity index (χ2v) is 11.1. The second kappa shape index (κ2) is 12.1. The summed E-state index contributed by atoms with van der Waals surface area (Å²) in [5.41, 5.74) is -14.4. The third-order valence-electron chi connectivity index (χ3n) is 7.18. The fourth-order valence-corrected chi connectivity index (χ4v) is 5.24. The molecule has 1 atom stereocenters. The average molecular weight is 736 g/mol. The van der Waals surface area contributed by atoms with Crippen LogP contribution in [0.3, 0.4) is 0 Å². The molecule has 1 unspecified atom stereocenters. The van der Waals surface area contributed by atoms with Gasteiger partial charge in [0.2, 0.25) is 0 Å². The minimum Gasteiger partial charge on any atom is -0.320 e. The number of carbonyl (C=O) groups excluding carboxylic acids is 2. The van der Waals surface area contributed by atoms with E-state index in [9.17, 15) is 57.9 Å². The van der Waals surface area contributed by atoms with E-state index in [1.165, 1.54) is 6.92 Å². The van der Waals surface area contributed by atoms with Crippen LogP contribution >= 0.6 is 15.9 Å². The van der Waals surface area contributed by atoms with Gasteiger partial charge in [0.1, 0.15) is 5.82 Å². The second-order valence-electron chi connectivity index (χ2n) is 10.3. The largest absolute Gasteiger partial charge is 0.435 e. The summed E-state index contributed by atoms with van der Waals surface area (Å²) in [5.74, 6) is -5.10. The van der Waals surface area contributed by atoms with E-state index in [1.807, 2.05) is 0 Å². The first kappa shape index (κ1) is 35.0. The Kier molecular flexibility index (Phi) is 9.20. The number of hydrogen-bond acceptors (Lipinski definition) is 3. The molecule has 3 aromatic rings. The maximum Gasteiger partial charge on any atom is 0.435 e. The number of amides is 2. The molecule has 5 nitrogen and oxygen atoms in total. The van der Waals surface area contributed by atoms with Crippen LogP contribution in [0.15, 0.2) is 53.3 Å². The summed E-state index contributed by atoms with van der Waals surface area (Å²) >= 11 is 2.37. The van der Waals surface area contributed by atoms with Crippen LogP contribution in [-0.2, 0) is 11.8 Å². The van der Waals surface area contributed by atoms with Crippen LogP contribution in [0.4, 0.5) is 64.1 Å². The summed E-state index contributed by atoms with van der Waals surface area (Å²) in [6.07, 6.45) is -16.2. The quantitative estimate of drug-likeness (QED) is 0.246. The number of anilines is 2. The van der Waals surface area contributed by atoms with Gasteiger partial charge in [-0.3, -0.25) is 14.6 Å². The Morgan fingerprint density at radius 1 is 0.935 bits per heavy atom. The van der Waals surface area contributed by atoms with Crippen molar-refractivity contribution in [2.24, 2.45) is 5.92 Å². The topological polar surface area (TPSA) is 62.3 Å². The lowest BCUT2D eigenvalue weighted by Crippen LogP contribution is -2.50. The number of rotatable bonds is 7. The molecule has 46 heavy (non-hydrogen) atoms. The number of carbonyl (C=O) groups is 2. The number of aromatic nitrogens is 1. The van der Waals surface area contributed by atoms with Crippen LogP contribution in [0.25, 0.3) is 0 Å². The number of pyridine rings is 1. The smallest absolute Gasteiger partial charge is 0.320 e. The van der Waals surface area contributed by atoms with Gasteiger partial charge in [-0.25, -0.2) is 13.2 Å². The molecule has 1 aliphatic carbocycles. The molecule has 0 aliphatic heterocycles. The molecule has 0 spiro atoms. The number of alkyl halides is 10. The van der Waals surface area contributed by atoms with E-state index < -0.39 is 92.3 Å². The number of hydrogen-bond donors (Lipinski definition) is 1. The van der Waals surface area contributed by atoms with Crippen LogP contribution in [0.5, 0.6) is 0 Å². The highest BCUT2D eigenvalue weighted by Crippen LogP contribution is 2.55. The first-order valence-corrected chi connectivity index (χ1v) is 13.7. The van der Waals surface area contributed by atoms with Gasteiger partial charge in [-0.1, -0.05) is 6.07 Å². The van der Waals surface area contributed by atoms with Crippen LogP contribution in [0, 0.1) is 17.6 Å². The molecule has 1 N–H and O–H groups in total. The van der Waals surface area contributed by atoms with E-state index in [0.29, 0.717) is 12.8 Å². The van der Waals surface area contributed by atoms with Crippen LogP contribution in [-0.4, -0.2) is 35.2 Å². The predicted molar refractivity (Wildman–Crippen MR) is 142 cm³/mol. The Labute approximate surface area is 259 Å². The summed E-state index contributed by atoms with van der Waals surface area (Å²) in [4.78, 5) is 31.0. The van der Waals surface area contributed by atoms with Gasteiger partial charge in [0.15, 0.2) is 5.82 Å². The lowest BCUT2D eigenvalue weighted by atomic mass is 9.92. The molecule has 248 valence electrons. The molecule has 1 fully saturated rings. The zero-order valence-corrected chi connectivity index (χ0v) is 24.4. The first-order chi connectivity index (χ1) is 21.1. The Bertz CT molecular complexity index is 1650. The zero-order chi connectivity index (χ0) is 34.6. The fourth-order valence-electron chi connectivity index (χ4n) is 4.68. The summed E-state index contributed by atoms with van der Waals surface area (Å²) in [5, 5.41) is 1.60. The number of benzene rings is 2. The molecule has 18 heteroatoms. The van der Waals surface area contributed by atoms with E-state index >= 15 is 4.39 Å². The highest BCUT2D eigenvalue weighted by atomic mass is 79.9. The predicted octanol–water partition coefficient (Wildman–Crippen LogP) is 9.13. The minimum atomic E-state index is -6.75. The highest BCUT2D eigenvalue weighted by Gasteiger charge is 2.73. The van der Waals surface area contributed by atoms with Crippen molar-refractivity contribution >= 4 is 39.1 Å². The van der Waals surface area contributed by atoms with E-state index in [1.54, 1.807) is 5.32 Å². The molecule has 2 amide bonds. The normalized spacial score (nSPS) is 15.0. The third kappa shape index (κ3) is 6.53. The SMILES string of the molecule is CC(C1CC1)N(C(=O)c1cncc(F)c1)c1cccc(C(=O)Nc2c(Br)cc(C(F)(C(F)(F)F)C(F)(F)F)cc2C(F)(F)F)c1F. The van der Waals surface area contributed by atoms with Crippen molar-refractivity contribution in [2.45, 2.75) is 50.0 Å². The van der Waals surface area contributed by atoms with Crippen molar-refractivity contribution in [3.8, 4) is 0 Å². The van der Waals surface area contributed by atoms with Gasteiger partial charge in [-0.2, -0.15) is 39.5 Å². The maximum absolute atomic E-state index is 15.9. The zero-order valence-electron chi connectivity index (χ0n) is 22.8. The van der Waals surface area contributed by atoms with Gasteiger partial charge >= 0.3 is 24.2 Å². The van der Waals surface area contributed by atoms with Gasteiger partial charge in [-0.05, 0) is 71.9 Å². The highest BCUT2D eigenvalue weighted by molar-refractivity contribution is 9.10. The average Bonchev–Trinajstić information content (AvgIpc) is 3.78. The molecule has 0 bridgehead atoms. The van der Waals surface area contributed by atoms with E-state index in [2.05, 4.69) is 20.9 Å². The molecule has 1 aromatic heterocycles. The van der Waals surface area contributed by atoms with Gasteiger partial charge < -0.3 is 10.2 Å². The van der Waals surface area contributed by atoms with Crippen molar-refractivity contribution in [3.63, 3.8) is 0 Å². The van der Waals surface area contributed by atoms with Gasteiger partial charge in [0.25, 0.3) is 11.8 Å². The molecule has 0 radical (unpaired) electrons. The Morgan fingerprint density at radius 3 is 2.07 bits per heavy atom. The summed E-state index contributed by atoms with van der Waals surface area (Å²) < 4.78 is 164. The molecular formula is C28H18BrF12N3O2. The number of nitrogens with one attached hydrogen (secondary N) is 1. The van der Waals surface area contributed by atoms with Crippen molar-refractivity contribution in [3.05, 3.63) is 87.2 Å². The molecule has 1 aliphatic rings. The van der Waals surface area contributed by atoms with Crippen molar-refractivity contribution in [1.29, 1.82) is 0 Å². The van der Waals surface area contributed by atoms with Crippen LogP contribution in [0.2, 0.25) is 0 Å². The van der Waals surface area contributed by atoms with Crippen molar-refractivity contribution in [2.75, 3.05) is 10.2 Å². The molecule has 1 heterocycles. The van der Waals surface area contributed by atoms with Crippen molar-refractivity contribution < 1.29 is 62.3 Å². The summed E-state index contributed by atoms with van der Waals surface area (Å²) in [7, 11) is 0. The number of nitrogens with zero attached hydrogens (tertiary/aromatic N) is 2. The number of halogens is 13. The van der Waals surface area contributed by atoms with Crippen LogP contribution in [0.1, 0.15) is 51.6 Å². The Hall–Kier alpha value is -3.83. The lowest BCUT2D eigenvalue weighted by Gasteiger charge is -2.31.